The van der Waals surface area contributed by atoms with Crippen molar-refractivity contribution in [2.45, 2.75) is 82.9 Å². The number of carbonyl (C=O) groups is 1. The van der Waals surface area contributed by atoms with Crippen LogP contribution in [-0.2, 0) is 9.53 Å². The highest BCUT2D eigenvalue weighted by atomic mass is 16.5. The molecule has 0 aromatic heterocycles. The number of hydrogen-bond acceptors (Lipinski definition) is 3. The zero-order valence-electron chi connectivity index (χ0n) is 15.3. The number of nitrogens with zero attached hydrogens (tertiary/aromatic N) is 2. The topological polar surface area (TPSA) is 32.8 Å². The Morgan fingerprint density at radius 1 is 0.958 bits per heavy atom. The average molecular weight is 335 g/mol. The third-order valence-electron chi connectivity index (χ3n) is 7.24. The Balaban J connectivity index is 1.41. The van der Waals surface area contributed by atoms with Gasteiger partial charge in [0.05, 0.1) is 25.3 Å². The van der Waals surface area contributed by atoms with Crippen molar-refractivity contribution in [1.82, 2.24) is 9.80 Å². The summed E-state index contributed by atoms with van der Waals surface area (Å²) < 4.78 is 5.94. The predicted molar refractivity (Wildman–Crippen MR) is 94.8 cm³/mol. The molecule has 0 radical (unpaired) electrons. The summed E-state index contributed by atoms with van der Waals surface area (Å²) in [4.78, 5) is 17.8. The van der Waals surface area contributed by atoms with Crippen LogP contribution in [0.15, 0.2) is 0 Å². The number of hydrogen-bond donors (Lipinski definition) is 0. The third-order valence-corrected chi connectivity index (χ3v) is 7.24. The van der Waals surface area contributed by atoms with Crippen molar-refractivity contribution in [3.63, 3.8) is 0 Å². The number of piperidine rings is 1. The first-order chi connectivity index (χ1) is 11.7. The minimum absolute atomic E-state index is 0.306. The quantitative estimate of drug-likeness (QED) is 0.778. The van der Waals surface area contributed by atoms with Gasteiger partial charge in [-0.15, -0.1) is 0 Å². The number of fused-ring (bicyclic) bond motifs is 2. The number of likely N-dealkylation sites (tertiary alicyclic amines) is 1. The first-order valence-corrected chi connectivity index (χ1v) is 10.4. The van der Waals surface area contributed by atoms with Crippen LogP contribution in [0.5, 0.6) is 0 Å². The van der Waals surface area contributed by atoms with Crippen LogP contribution < -0.4 is 0 Å². The largest absolute Gasteiger partial charge is 0.374 e. The van der Waals surface area contributed by atoms with Crippen molar-refractivity contribution in [1.29, 1.82) is 0 Å². The van der Waals surface area contributed by atoms with Gasteiger partial charge in [-0.25, -0.2) is 0 Å². The molecule has 4 aliphatic rings. The van der Waals surface area contributed by atoms with E-state index in [-0.39, 0.29) is 0 Å². The molecule has 2 saturated carbocycles. The van der Waals surface area contributed by atoms with Crippen LogP contribution in [0.3, 0.4) is 0 Å². The Morgan fingerprint density at radius 2 is 1.71 bits per heavy atom. The molecular formula is C20H34N2O2. The molecule has 2 saturated heterocycles. The number of carbonyl (C=O) groups excluding carboxylic acids is 1. The Hall–Kier alpha value is -0.610. The molecular weight excluding hydrogens is 300 g/mol. The van der Waals surface area contributed by atoms with Crippen LogP contribution in [0, 0.1) is 11.8 Å². The summed E-state index contributed by atoms with van der Waals surface area (Å²) in [5, 5.41) is 0. The second kappa shape index (κ2) is 7.33. The normalized spacial score (nSPS) is 40.7. The van der Waals surface area contributed by atoms with E-state index in [1.165, 1.54) is 44.9 Å². The Labute approximate surface area is 146 Å². The molecule has 136 valence electrons. The fraction of sp³-hybridized carbons (Fsp3) is 0.950. The molecule has 4 heteroatoms. The van der Waals surface area contributed by atoms with E-state index in [4.69, 9.17) is 4.74 Å². The van der Waals surface area contributed by atoms with Gasteiger partial charge in [0.15, 0.2) is 0 Å². The number of ether oxygens (including phenoxy) is 1. The van der Waals surface area contributed by atoms with Crippen molar-refractivity contribution < 1.29 is 9.53 Å². The first-order valence-electron chi connectivity index (χ1n) is 10.4. The summed E-state index contributed by atoms with van der Waals surface area (Å²) in [6, 6.07) is 1.01. The average Bonchev–Trinajstić information content (AvgIpc) is 2.64. The summed E-state index contributed by atoms with van der Waals surface area (Å²) in [6.45, 7) is 5.73. The maximum absolute atomic E-state index is 13.1. The number of rotatable bonds is 2. The Kier molecular flexibility index (Phi) is 5.14. The van der Waals surface area contributed by atoms with Crippen LogP contribution in [0.1, 0.15) is 64.7 Å². The van der Waals surface area contributed by atoms with E-state index in [0.29, 0.717) is 30.6 Å². The Bertz CT molecular complexity index is 453. The minimum Gasteiger partial charge on any atom is -0.374 e. The SMILES string of the molecule is C[C@@H]1CCN(CC(=O)N2CCO[C@@H]3CCCC[C@@H]32)[C@@H]2CCCC[C@H]12. The van der Waals surface area contributed by atoms with Gasteiger partial charge >= 0.3 is 0 Å². The van der Waals surface area contributed by atoms with E-state index < -0.39 is 0 Å². The molecule has 0 aromatic carbocycles. The molecule has 2 heterocycles. The lowest BCUT2D eigenvalue weighted by atomic mass is 9.72. The van der Waals surface area contributed by atoms with Crippen molar-refractivity contribution in [3.05, 3.63) is 0 Å². The molecule has 2 aliphatic carbocycles. The highest BCUT2D eigenvalue weighted by Crippen LogP contribution is 2.39. The second-order valence-corrected chi connectivity index (χ2v) is 8.60. The smallest absolute Gasteiger partial charge is 0.237 e. The van der Waals surface area contributed by atoms with Gasteiger partial charge in [-0.1, -0.05) is 32.6 Å². The van der Waals surface area contributed by atoms with Crippen LogP contribution >= 0.6 is 0 Å². The molecule has 4 rings (SSSR count). The highest BCUT2D eigenvalue weighted by Gasteiger charge is 2.41. The minimum atomic E-state index is 0.306. The molecule has 2 aliphatic heterocycles. The molecule has 0 aromatic rings. The lowest BCUT2D eigenvalue weighted by molar-refractivity contribution is -0.152. The van der Waals surface area contributed by atoms with Gasteiger partial charge in [0.2, 0.25) is 5.91 Å². The van der Waals surface area contributed by atoms with E-state index in [2.05, 4.69) is 16.7 Å². The molecule has 0 spiro atoms. The number of morpholine rings is 1. The van der Waals surface area contributed by atoms with Crippen LogP contribution in [-0.4, -0.2) is 60.1 Å². The fourth-order valence-electron chi connectivity index (χ4n) is 5.87. The summed E-state index contributed by atoms with van der Waals surface area (Å²) >= 11 is 0. The maximum Gasteiger partial charge on any atom is 0.237 e. The second-order valence-electron chi connectivity index (χ2n) is 8.60. The summed E-state index contributed by atoms with van der Waals surface area (Å²) in [5.74, 6) is 2.04. The Morgan fingerprint density at radius 3 is 2.58 bits per heavy atom. The van der Waals surface area contributed by atoms with Crippen LogP contribution in [0.4, 0.5) is 0 Å². The van der Waals surface area contributed by atoms with Crippen LogP contribution in [0.2, 0.25) is 0 Å². The van der Waals surface area contributed by atoms with E-state index in [1.54, 1.807) is 0 Å². The van der Waals surface area contributed by atoms with Gasteiger partial charge in [0, 0.05) is 12.6 Å². The van der Waals surface area contributed by atoms with E-state index >= 15 is 0 Å². The monoisotopic (exact) mass is 334 g/mol. The van der Waals surface area contributed by atoms with Gasteiger partial charge in [-0.3, -0.25) is 9.69 Å². The van der Waals surface area contributed by atoms with Gasteiger partial charge in [-0.05, 0) is 50.5 Å². The zero-order valence-corrected chi connectivity index (χ0v) is 15.3. The van der Waals surface area contributed by atoms with Gasteiger partial charge in [-0.2, -0.15) is 0 Å². The zero-order chi connectivity index (χ0) is 16.5. The molecule has 4 nitrogen and oxygen atoms in total. The molecule has 0 N–H and O–H groups in total. The molecule has 1 amide bonds. The highest BCUT2D eigenvalue weighted by molar-refractivity contribution is 5.79. The standard InChI is InChI=1S/C20H34N2O2/c1-15-10-11-21(17-7-3-2-6-16(15)17)14-20(23)22-12-13-24-19-9-5-4-8-18(19)22/h15-19H,2-14H2,1H3/t15-,16-,17-,18+,19-/m1/s1. The fourth-order valence-corrected chi connectivity index (χ4v) is 5.87. The molecule has 4 fully saturated rings. The van der Waals surface area contributed by atoms with Gasteiger partial charge in [0.1, 0.15) is 0 Å². The van der Waals surface area contributed by atoms with E-state index in [1.807, 2.05) is 0 Å². The van der Waals surface area contributed by atoms with Crippen molar-refractivity contribution in [2.75, 3.05) is 26.2 Å². The maximum atomic E-state index is 13.1. The predicted octanol–water partition coefficient (Wildman–Crippen LogP) is 3.06. The molecule has 0 unspecified atom stereocenters. The summed E-state index contributed by atoms with van der Waals surface area (Å²) in [6.07, 6.45) is 11.8. The molecule has 24 heavy (non-hydrogen) atoms. The van der Waals surface area contributed by atoms with Crippen molar-refractivity contribution in [3.8, 4) is 0 Å². The molecule has 0 bridgehead atoms. The van der Waals surface area contributed by atoms with E-state index in [9.17, 15) is 4.79 Å². The number of amides is 1. The lowest BCUT2D eigenvalue weighted by Crippen LogP contribution is -2.59. The van der Waals surface area contributed by atoms with Crippen LogP contribution in [0.25, 0.3) is 0 Å². The van der Waals surface area contributed by atoms with Gasteiger partial charge < -0.3 is 9.64 Å². The molecule has 5 atom stereocenters. The van der Waals surface area contributed by atoms with Gasteiger partial charge in [0.25, 0.3) is 0 Å². The summed E-state index contributed by atoms with van der Waals surface area (Å²) in [7, 11) is 0. The van der Waals surface area contributed by atoms with E-state index in [0.717, 1.165) is 44.4 Å². The lowest BCUT2D eigenvalue weighted by Gasteiger charge is -2.49. The third kappa shape index (κ3) is 3.24. The van der Waals surface area contributed by atoms with Crippen molar-refractivity contribution in [2.24, 2.45) is 11.8 Å². The van der Waals surface area contributed by atoms with Crippen molar-refractivity contribution >= 4 is 5.91 Å². The summed E-state index contributed by atoms with van der Waals surface area (Å²) in [5.41, 5.74) is 0. The first kappa shape index (κ1) is 16.8.